The van der Waals surface area contributed by atoms with Gasteiger partial charge >= 0.3 is 6.18 Å². The van der Waals surface area contributed by atoms with Crippen molar-refractivity contribution >= 4 is 34.5 Å². The van der Waals surface area contributed by atoms with Crippen LogP contribution in [0.5, 0.6) is 0 Å². The summed E-state index contributed by atoms with van der Waals surface area (Å²) >= 11 is 6.04. The van der Waals surface area contributed by atoms with Gasteiger partial charge in [-0.2, -0.15) is 18.3 Å². The van der Waals surface area contributed by atoms with Crippen molar-refractivity contribution < 1.29 is 22.7 Å². The highest BCUT2D eigenvalue weighted by atomic mass is 35.5. The molecule has 0 spiro atoms. The molecule has 2 aliphatic heterocycles. The zero-order valence-corrected chi connectivity index (χ0v) is 19.2. The molecule has 1 aromatic carbocycles. The highest BCUT2D eigenvalue weighted by Crippen LogP contribution is 2.40. The lowest BCUT2D eigenvalue weighted by molar-refractivity contribution is -0.192. The summed E-state index contributed by atoms with van der Waals surface area (Å²) in [5.41, 5.74) is 3.16. The van der Waals surface area contributed by atoms with Gasteiger partial charge in [-0.1, -0.05) is 23.7 Å². The molecule has 7 nitrogen and oxygen atoms in total. The molecule has 0 aliphatic carbocycles. The molecule has 1 unspecified atom stereocenters. The number of alkyl halides is 3. The van der Waals surface area contributed by atoms with E-state index in [9.17, 15) is 18.0 Å². The van der Waals surface area contributed by atoms with Crippen LogP contribution in [-0.2, 0) is 16.0 Å². The molecule has 1 amide bonds. The Morgan fingerprint density at radius 2 is 2.03 bits per heavy atom. The maximum absolute atomic E-state index is 14.0. The number of aromatic nitrogens is 3. The summed E-state index contributed by atoms with van der Waals surface area (Å²) < 4.78 is 49.1. The summed E-state index contributed by atoms with van der Waals surface area (Å²) in [6.45, 7) is 1.08. The smallest absolute Gasteiger partial charge is 0.368 e. The third kappa shape index (κ3) is 4.09. The maximum atomic E-state index is 14.0. The average Bonchev–Trinajstić information content (AvgIpc) is 3.47. The van der Waals surface area contributed by atoms with Gasteiger partial charge in [0.15, 0.2) is 16.8 Å². The predicted molar refractivity (Wildman–Crippen MR) is 120 cm³/mol. The zero-order chi connectivity index (χ0) is 24.0. The third-order valence-corrected chi connectivity index (χ3v) is 6.57. The van der Waals surface area contributed by atoms with Gasteiger partial charge in [0.2, 0.25) is 0 Å². The van der Waals surface area contributed by atoms with Gasteiger partial charge in [-0.05, 0) is 43.4 Å². The number of halogens is 4. The van der Waals surface area contributed by atoms with Crippen LogP contribution in [0.3, 0.4) is 0 Å². The van der Waals surface area contributed by atoms with E-state index in [1.165, 1.54) is 19.2 Å². The summed E-state index contributed by atoms with van der Waals surface area (Å²) in [6.07, 6.45) is -0.982. The minimum absolute atomic E-state index is 0.00485. The first-order chi connectivity index (χ1) is 16.2. The number of rotatable bonds is 4. The van der Waals surface area contributed by atoms with Crippen LogP contribution in [0.25, 0.3) is 5.65 Å². The Balaban J connectivity index is 1.45. The third-order valence-electron chi connectivity index (χ3n) is 6.39. The van der Waals surface area contributed by atoms with Crippen molar-refractivity contribution in [3.63, 3.8) is 0 Å². The fourth-order valence-corrected chi connectivity index (χ4v) is 4.97. The minimum Gasteiger partial charge on any atom is -0.368 e. The molecule has 11 heteroatoms. The second-order valence-corrected chi connectivity index (χ2v) is 8.96. The Morgan fingerprint density at radius 1 is 1.26 bits per heavy atom. The van der Waals surface area contributed by atoms with Crippen molar-refractivity contribution in [2.45, 2.75) is 44.0 Å². The van der Waals surface area contributed by atoms with Gasteiger partial charge in [0.25, 0.3) is 5.91 Å². The number of anilines is 2. The molecular formula is C23H23ClF3N5O2. The van der Waals surface area contributed by atoms with Crippen molar-refractivity contribution in [2.75, 3.05) is 25.1 Å². The Kier molecular flexibility index (Phi) is 5.89. The summed E-state index contributed by atoms with van der Waals surface area (Å²) in [5, 5.41) is 4.66. The van der Waals surface area contributed by atoms with E-state index in [1.54, 1.807) is 28.9 Å². The number of aryl methyl sites for hydroxylation is 1. The van der Waals surface area contributed by atoms with Crippen LogP contribution in [0.4, 0.5) is 24.5 Å². The molecule has 0 radical (unpaired) electrons. The van der Waals surface area contributed by atoms with E-state index in [0.29, 0.717) is 36.8 Å². The van der Waals surface area contributed by atoms with Crippen molar-refractivity contribution in [3.05, 3.63) is 52.9 Å². The largest absolute Gasteiger partial charge is 0.413 e. The molecule has 2 atom stereocenters. The first-order valence-electron chi connectivity index (χ1n) is 11.1. The minimum atomic E-state index is -4.63. The first kappa shape index (κ1) is 22.9. The Morgan fingerprint density at radius 3 is 2.71 bits per heavy atom. The van der Waals surface area contributed by atoms with Crippen LogP contribution in [0, 0.1) is 0 Å². The normalized spacial score (nSPS) is 19.3. The van der Waals surface area contributed by atoms with Crippen molar-refractivity contribution in [1.29, 1.82) is 0 Å². The van der Waals surface area contributed by atoms with Crippen LogP contribution < -0.4 is 4.90 Å². The monoisotopic (exact) mass is 493 g/mol. The number of nitrogens with zero attached hydrogens (tertiary/aromatic N) is 5. The molecule has 2 aromatic heterocycles. The van der Waals surface area contributed by atoms with Gasteiger partial charge < -0.3 is 14.5 Å². The van der Waals surface area contributed by atoms with Crippen LogP contribution in [0.15, 0.2) is 36.5 Å². The number of carbonyl (C=O) groups is 1. The van der Waals surface area contributed by atoms with Gasteiger partial charge in [-0.3, -0.25) is 4.79 Å². The SMILES string of the molecule is CN(C(=O)C1CCCO1)[C@@H](c1ccc(N2CCCc3c2cnc2cc(Cl)nn32)cc1)C(F)(F)F. The molecule has 180 valence electrons. The predicted octanol–water partition coefficient (Wildman–Crippen LogP) is 4.71. The van der Waals surface area contributed by atoms with E-state index in [2.05, 4.69) is 10.1 Å². The van der Waals surface area contributed by atoms with Gasteiger partial charge in [-0.15, -0.1) is 0 Å². The van der Waals surface area contributed by atoms with Crippen molar-refractivity contribution in [2.24, 2.45) is 0 Å². The van der Waals surface area contributed by atoms with Gasteiger partial charge in [0.05, 0.1) is 17.6 Å². The fourth-order valence-electron chi connectivity index (χ4n) is 4.79. The number of hydrogen-bond acceptors (Lipinski definition) is 5. The Labute approximate surface area is 199 Å². The van der Waals surface area contributed by atoms with Gasteiger partial charge in [0.1, 0.15) is 6.10 Å². The molecule has 5 rings (SSSR count). The lowest BCUT2D eigenvalue weighted by atomic mass is 10.0. The Bertz CT molecular complexity index is 1210. The Hall–Kier alpha value is -2.85. The van der Waals surface area contributed by atoms with E-state index >= 15 is 0 Å². The highest BCUT2D eigenvalue weighted by molar-refractivity contribution is 6.29. The maximum Gasteiger partial charge on any atom is 0.413 e. The number of ether oxygens (including phenoxy) is 1. The van der Waals surface area contributed by atoms with Crippen LogP contribution in [0.1, 0.15) is 36.6 Å². The van der Waals surface area contributed by atoms with E-state index < -0.39 is 24.2 Å². The molecule has 34 heavy (non-hydrogen) atoms. The van der Waals surface area contributed by atoms with Crippen molar-refractivity contribution in [1.82, 2.24) is 19.5 Å². The van der Waals surface area contributed by atoms with E-state index in [0.717, 1.165) is 34.8 Å². The van der Waals surface area contributed by atoms with E-state index in [4.69, 9.17) is 16.3 Å². The topological polar surface area (TPSA) is 63.0 Å². The first-order valence-corrected chi connectivity index (χ1v) is 11.5. The zero-order valence-electron chi connectivity index (χ0n) is 18.4. The standard InChI is InChI=1S/C23H23ClF3N5O2/c1-30(22(33)18-5-3-11-34-18)21(23(25,26)27)14-6-8-15(9-7-14)31-10-2-4-16-17(31)13-28-20-12-19(24)29-32(16)20/h6-9,12-13,18,21H,2-5,10-11H2,1H3/t18?,21-/m0/s1. The van der Waals surface area contributed by atoms with Gasteiger partial charge in [-0.25, -0.2) is 9.50 Å². The second kappa shape index (κ2) is 8.74. The fraction of sp³-hybridized carbons (Fsp3) is 0.435. The molecule has 2 aliphatic rings. The summed E-state index contributed by atoms with van der Waals surface area (Å²) in [5.74, 6) is -0.651. The van der Waals surface area contributed by atoms with Crippen LogP contribution in [0.2, 0.25) is 5.15 Å². The number of amides is 1. The lowest BCUT2D eigenvalue weighted by Crippen LogP contribution is -2.44. The number of fused-ring (bicyclic) bond motifs is 3. The number of hydrogen-bond donors (Lipinski definition) is 0. The van der Waals surface area contributed by atoms with Crippen LogP contribution in [-0.4, -0.2) is 57.9 Å². The average molecular weight is 494 g/mol. The van der Waals surface area contributed by atoms with Crippen molar-refractivity contribution in [3.8, 4) is 0 Å². The second-order valence-electron chi connectivity index (χ2n) is 8.57. The summed E-state index contributed by atoms with van der Waals surface area (Å²) in [6, 6.07) is 5.78. The lowest BCUT2D eigenvalue weighted by Gasteiger charge is -2.33. The number of carbonyl (C=O) groups excluding carboxylic acids is 1. The summed E-state index contributed by atoms with van der Waals surface area (Å²) in [4.78, 5) is 19.8. The van der Waals surface area contributed by atoms with E-state index in [-0.39, 0.29) is 5.56 Å². The van der Waals surface area contributed by atoms with Gasteiger partial charge in [0, 0.05) is 32.0 Å². The van der Waals surface area contributed by atoms with Crippen LogP contribution >= 0.6 is 11.6 Å². The molecule has 4 heterocycles. The molecule has 1 saturated heterocycles. The molecule has 3 aromatic rings. The molecular weight excluding hydrogens is 471 g/mol. The molecule has 0 N–H and O–H groups in total. The van der Waals surface area contributed by atoms with E-state index in [1.807, 2.05) is 4.90 Å². The summed E-state index contributed by atoms with van der Waals surface area (Å²) in [7, 11) is 1.18. The number of likely N-dealkylation sites (N-methyl/N-ethyl adjacent to an activating group) is 1. The number of benzene rings is 1. The highest BCUT2D eigenvalue weighted by Gasteiger charge is 2.46. The molecule has 0 bridgehead atoms. The molecule has 1 fully saturated rings. The quantitative estimate of drug-likeness (QED) is 0.527. The molecule has 0 saturated carbocycles.